The number of rotatable bonds is 11. The second kappa shape index (κ2) is 12.4. The van der Waals surface area contributed by atoms with Gasteiger partial charge in [0.25, 0.3) is 13.5 Å². The highest BCUT2D eigenvalue weighted by atomic mass is 32.1. The van der Waals surface area contributed by atoms with E-state index in [9.17, 15) is 0 Å². The van der Waals surface area contributed by atoms with Crippen molar-refractivity contribution in [2.24, 2.45) is 0 Å². The van der Waals surface area contributed by atoms with Crippen molar-refractivity contribution in [1.29, 1.82) is 0 Å². The fourth-order valence-electron chi connectivity index (χ4n) is 3.20. The lowest BCUT2D eigenvalue weighted by atomic mass is 10.0. The van der Waals surface area contributed by atoms with Crippen LogP contribution < -0.4 is 14.5 Å². The molecule has 4 nitrogen and oxygen atoms in total. The Labute approximate surface area is 207 Å². The molecule has 0 saturated carbocycles. The molecule has 0 aliphatic heterocycles. The molecule has 0 bridgehead atoms. The van der Waals surface area contributed by atoms with Crippen LogP contribution in [0, 0.1) is 0 Å². The second-order valence-corrected chi connectivity index (χ2v) is 15.1. The van der Waals surface area contributed by atoms with E-state index in [2.05, 4.69) is 82.5 Å². The summed E-state index contributed by atoms with van der Waals surface area (Å²) in [6, 6.07) is 16.7. The standard InChI is InChI=1S/C27H41NO3SSi/c1-8-23(30-26(32)28-19-18-21-12-10-9-11-13-21)16-14-22-15-17-24(25(20-22)29-5)31-33(6,7)27(2,3)4/h9-13,15,17,20,23H,8,14,16,18-19H2,1-7H3,(H,28,32). The van der Waals surface area contributed by atoms with E-state index in [-0.39, 0.29) is 11.1 Å². The zero-order valence-corrected chi connectivity index (χ0v) is 23.2. The molecule has 0 fully saturated rings. The quantitative estimate of drug-likeness (QED) is 0.275. The third kappa shape index (κ3) is 8.67. The molecule has 6 heteroatoms. The molecule has 1 N–H and O–H groups in total. The highest BCUT2D eigenvalue weighted by molar-refractivity contribution is 7.80. The molecule has 0 saturated heterocycles. The third-order valence-corrected chi connectivity index (χ3v) is 11.0. The van der Waals surface area contributed by atoms with Crippen LogP contribution in [-0.2, 0) is 17.6 Å². The third-order valence-electron chi connectivity index (χ3n) is 6.41. The predicted molar refractivity (Wildman–Crippen MR) is 145 cm³/mol. The number of aryl methyl sites for hydroxylation is 1. The van der Waals surface area contributed by atoms with E-state index in [1.807, 2.05) is 12.1 Å². The van der Waals surface area contributed by atoms with Crippen LogP contribution >= 0.6 is 12.2 Å². The molecule has 33 heavy (non-hydrogen) atoms. The van der Waals surface area contributed by atoms with Crippen molar-refractivity contribution in [3.8, 4) is 11.5 Å². The Bertz CT molecular complexity index is 881. The van der Waals surface area contributed by atoms with Crippen LogP contribution in [0.15, 0.2) is 48.5 Å². The Kier molecular flexibility index (Phi) is 10.2. The van der Waals surface area contributed by atoms with Crippen molar-refractivity contribution >= 4 is 25.7 Å². The Morgan fingerprint density at radius 3 is 2.30 bits per heavy atom. The lowest BCUT2D eigenvalue weighted by molar-refractivity contribution is 0.171. The molecule has 0 amide bonds. The second-order valence-electron chi connectivity index (χ2n) is 9.98. The topological polar surface area (TPSA) is 39.7 Å². The van der Waals surface area contributed by atoms with Gasteiger partial charge in [-0.2, -0.15) is 0 Å². The Hall–Kier alpha value is -2.05. The largest absolute Gasteiger partial charge is 0.541 e. The minimum Gasteiger partial charge on any atom is -0.541 e. The molecule has 0 aromatic heterocycles. The van der Waals surface area contributed by atoms with E-state index in [0.29, 0.717) is 5.17 Å². The van der Waals surface area contributed by atoms with Crippen molar-refractivity contribution < 1.29 is 13.9 Å². The molecule has 2 aromatic rings. The number of nitrogens with one attached hydrogen (secondary N) is 1. The zero-order valence-electron chi connectivity index (χ0n) is 21.4. The summed E-state index contributed by atoms with van der Waals surface area (Å²) in [5.74, 6) is 1.63. The van der Waals surface area contributed by atoms with Crippen LogP contribution in [0.3, 0.4) is 0 Å². The summed E-state index contributed by atoms with van der Waals surface area (Å²) in [5, 5.41) is 3.85. The minimum absolute atomic E-state index is 0.0795. The molecule has 0 heterocycles. The monoisotopic (exact) mass is 487 g/mol. The summed E-state index contributed by atoms with van der Waals surface area (Å²) >= 11 is 5.41. The average Bonchev–Trinajstić information content (AvgIpc) is 2.77. The van der Waals surface area contributed by atoms with Gasteiger partial charge >= 0.3 is 0 Å². The lowest BCUT2D eigenvalue weighted by Gasteiger charge is -2.36. The summed E-state index contributed by atoms with van der Waals surface area (Å²) in [6.45, 7) is 14.1. The SMILES string of the molecule is CCC(CCc1ccc(O[Si](C)(C)C(C)(C)C)c(OC)c1)OC(=S)NCCc1ccccc1. The zero-order chi connectivity index (χ0) is 24.5. The predicted octanol–water partition coefficient (Wildman–Crippen LogP) is 6.92. The maximum atomic E-state index is 6.48. The molecule has 182 valence electrons. The molecule has 0 aliphatic rings. The van der Waals surface area contributed by atoms with E-state index < -0.39 is 8.32 Å². The van der Waals surface area contributed by atoms with Gasteiger partial charge in [0.15, 0.2) is 5.75 Å². The first-order chi connectivity index (χ1) is 15.6. The van der Waals surface area contributed by atoms with Crippen LogP contribution in [-0.4, -0.2) is 33.3 Å². The highest BCUT2D eigenvalue weighted by Crippen LogP contribution is 2.40. The van der Waals surface area contributed by atoms with Gasteiger partial charge in [-0.25, -0.2) is 0 Å². The van der Waals surface area contributed by atoms with Crippen molar-refractivity contribution in [1.82, 2.24) is 5.32 Å². The van der Waals surface area contributed by atoms with Crippen molar-refractivity contribution in [3.05, 3.63) is 59.7 Å². The van der Waals surface area contributed by atoms with Crippen molar-refractivity contribution in [2.45, 2.75) is 77.6 Å². The maximum Gasteiger partial charge on any atom is 0.256 e. The van der Waals surface area contributed by atoms with Crippen molar-refractivity contribution in [3.63, 3.8) is 0 Å². The molecular weight excluding hydrogens is 446 g/mol. The molecule has 1 unspecified atom stereocenters. The number of thiocarbonyl (C=S) groups is 1. The van der Waals surface area contributed by atoms with E-state index in [4.69, 9.17) is 26.1 Å². The van der Waals surface area contributed by atoms with E-state index in [1.165, 1.54) is 11.1 Å². The summed E-state index contributed by atoms with van der Waals surface area (Å²) in [6.07, 6.45) is 3.69. The number of hydrogen-bond donors (Lipinski definition) is 1. The maximum absolute atomic E-state index is 6.48. The van der Waals surface area contributed by atoms with Gasteiger partial charge in [0, 0.05) is 6.54 Å². The van der Waals surface area contributed by atoms with Gasteiger partial charge in [0.2, 0.25) is 0 Å². The van der Waals surface area contributed by atoms with Gasteiger partial charge in [-0.1, -0.05) is 64.1 Å². The summed E-state index contributed by atoms with van der Waals surface area (Å²) in [5.41, 5.74) is 2.49. The van der Waals surface area contributed by atoms with Gasteiger partial charge in [0.05, 0.1) is 7.11 Å². The van der Waals surface area contributed by atoms with E-state index in [1.54, 1.807) is 7.11 Å². The summed E-state index contributed by atoms with van der Waals surface area (Å²) < 4.78 is 18.1. The Balaban J connectivity index is 1.88. The van der Waals surface area contributed by atoms with Gasteiger partial charge in [0.1, 0.15) is 11.9 Å². The minimum atomic E-state index is -1.93. The lowest BCUT2D eigenvalue weighted by Crippen LogP contribution is -2.43. The first-order valence-corrected chi connectivity index (χ1v) is 15.2. The number of methoxy groups -OCH3 is 1. The van der Waals surface area contributed by atoms with Crippen LogP contribution in [0.2, 0.25) is 18.1 Å². The first kappa shape index (κ1) is 27.2. The molecule has 2 aromatic carbocycles. The summed E-state index contributed by atoms with van der Waals surface area (Å²) in [7, 11) is -0.222. The van der Waals surface area contributed by atoms with Gasteiger partial charge < -0.3 is 19.2 Å². The fourth-order valence-corrected chi connectivity index (χ4v) is 4.46. The van der Waals surface area contributed by atoms with Gasteiger partial charge in [-0.3, -0.25) is 0 Å². The van der Waals surface area contributed by atoms with Gasteiger partial charge in [-0.05, 0) is 79.3 Å². The van der Waals surface area contributed by atoms with Crippen LogP contribution in [0.1, 0.15) is 51.7 Å². The van der Waals surface area contributed by atoms with Crippen LogP contribution in [0.4, 0.5) is 0 Å². The Morgan fingerprint density at radius 1 is 1.00 bits per heavy atom. The Morgan fingerprint density at radius 2 is 1.70 bits per heavy atom. The number of ether oxygens (including phenoxy) is 2. The van der Waals surface area contributed by atoms with Gasteiger partial charge in [-0.15, -0.1) is 0 Å². The smallest absolute Gasteiger partial charge is 0.256 e. The molecule has 0 aliphatic carbocycles. The molecule has 1 atom stereocenters. The van der Waals surface area contributed by atoms with Crippen molar-refractivity contribution in [2.75, 3.05) is 13.7 Å². The molecule has 0 radical (unpaired) electrons. The first-order valence-electron chi connectivity index (χ1n) is 11.9. The van der Waals surface area contributed by atoms with E-state index >= 15 is 0 Å². The fraction of sp³-hybridized carbons (Fsp3) is 0.519. The number of benzene rings is 2. The number of hydrogen-bond acceptors (Lipinski definition) is 4. The molecular formula is C27H41NO3SSi. The van der Waals surface area contributed by atoms with Crippen LogP contribution in [0.5, 0.6) is 11.5 Å². The van der Waals surface area contributed by atoms with E-state index in [0.717, 1.165) is 43.7 Å². The van der Waals surface area contributed by atoms with Crippen LogP contribution in [0.25, 0.3) is 0 Å². The summed E-state index contributed by atoms with van der Waals surface area (Å²) in [4.78, 5) is 0. The highest BCUT2D eigenvalue weighted by Gasteiger charge is 2.39. The average molecular weight is 488 g/mol. The normalized spacial score (nSPS) is 12.7. The molecule has 2 rings (SSSR count). The molecule has 0 spiro atoms.